The molecule has 3 aromatic heterocycles. The predicted octanol–water partition coefficient (Wildman–Crippen LogP) is 3.90. The number of carbonyl (C=O) groups excluding carboxylic acids is 1. The first-order valence-corrected chi connectivity index (χ1v) is 13.4. The number of thiazole rings is 1. The molecule has 6 rings (SSSR count). The van der Waals surface area contributed by atoms with Gasteiger partial charge in [0.15, 0.2) is 5.13 Å². The molecule has 11 heteroatoms. The molecule has 1 spiro atoms. The van der Waals surface area contributed by atoms with E-state index >= 15 is 0 Å². The van der Waals surface area contributed by atoms with Crippen LogP contribution in [-0.2, 0) is 4.79 Å². The Morgan fingerprint density at radius 2 is 1.83 bits per heavy atom. The van der Waals surface area contributed by atoms with Crippen LogP contribution in [0.1, 0.15) is 44.9 Å². The average molecular weight is 507 g/mol. The van der Waals surface area contributed by atoms with Crippen LogP contribution in [0.15, 0.2) is 30.9 Å². The van der Waals surface area contributed by atoms with Gasteiger partial charge < -0.3 is 19.9 Å². The van der Waals surface area contributed by atoms with Gasteiger partial charge in [0, 0.05) is 38.4 Å². The Hall–Kier alpha value is -3.18. The highest BCUT2D eigenvalue weighted by Gasteiger charge is 2.45. The van der Waals surface area contributed by atoms with E-state index in [9.17, 15) is 4.79 Å². The summed E-state index contributed by atoms with van der Waals surface area (Å²) in [5.41, 5.74) is 2.13. The molecule has 0 radical (unpaired) electrons. The van der Waals surface area contributed by atoms with Crippen molar-refractivity contribution in [3.63, 3.8) is 0 Å². The van der Waals surface area contributed by atoms with Gasteiger partial charge in [-0.2, -0.15) is 4.98 Å². The van der Waals surface area contributed by atoms with Crippen LogP contribution in [0.5, 0.6) is 6.01 Å². The van der Waals surface area contributed by atoms with Gasteiger partial charge in [-0.05, 0) is 57.1 Å². The summed E-state index contributed by atoms with van der Waals surface area (Å²) in [5, 5.41) is 3.81. The zero-order chi connectivity index (χ0) is 24.5. The molecule has 36 heavy (non-hydrogen) atoms. The average Bonchev–Trinajstić information content (AvgIpc) is 3.54. The van der Waals surface area contributed by atoms with Gasteiger partial charge in [-0.25, -0.2) is 19.9 Å². The minimum Gasteiger partial charge on any atom is -0.460 e. The summed E-state index contributed by atoms with van der Waals surface area (Å²) >= 11 is 1.46. The number of hydrogen-bond acceptors (Lipinski definition) is 10. The quantitative estimate of drug-likeness (QED) is 0.532. The van der Waals surface area contributed by atoms with Crippen molar-refractivity contribution >= 4 is 34.0 Å². The van der Waals surface area contributed by atoms with E-state index in [0.717, 1.165) is 36.5 Å². The van der Waals surface area contributed by atoms with Crippen LogP contribution in [0.3, 0.4) is 0 Å². The summed E-state index contributed by atoms with van der Waals surface area (Å²) in [5.74, 6) is 0.522. The molecule has 1 amide bonds. The standard InChI is InChI=1S/C25H30N8O2S/c1-32-11-5-21(34)33(13-12-32)17-14-27-22(28-15-17)31-24-29-16-20(36-24)19-4-10-26-23(30-19)35-18-2-6-25(7-3-18)8-9-25/h4,10,14-16,18H,2-3,5-9,11-13H2,1H3,(H,27,28,29,31). The summed E-state index contributed by atoms with van der Waals surface area (Å²) in [4.78, 5) is 39.5. The number of carbonyl (C=O) groups is 1. The highest BCUT2D eigenvalue weighted by molar-refractivity contribution is 7.18. The van der Waals surface area contributed by atoms with E-state index in [1.54, 1.807) is 29.7 Å². The fraction of sp³-hybridized carbons (Fsp3) is 0.520. The van der Waals surface area contributed by atoms with Crippen LogP contribution >= 0.6 is 11.3 Å². The fourth-order valence-electron chi connectivity index (χ4n) is 4.96. The number of likely N-dealkylation sites (N-methyl/N-ethyl adjacent to an activating group) is 1. The second-order valence-corrected chi connectivity index (χ2v) is 11.1. The molecule has 0 aromatic carbocycles. The van der Waals surface area contributed by atoms with Crippen molar-refractivity contribution in [2.75, 3.05) is 36.9 Å². The maximum atomic E-state index is 12.4. The summed E-state index contributed by atoms with van der Waals surface area (Å²) in [7, 11) is 2.03. The van der Waals surface area contributed by atoms with Gasteiger partial charge in [0.1, 0.15) is 6.10 Å². The summed E-state index contributed by atoms with van der Waals surface area (Å²) in [6.45, 7) is 2.22. The molecule has 4 heterocycles. The molecule has 2 saturated carbocycles. The monoisotopic (exact) mass is 506 g/mol. The number of anilines is 3. The van der Waals surface area contributed by atoms with Crippen LogP contribution < -0.4 is 15.0 Å². The van der Waals surface area contributed by atoms with Gasteiger partial charge in [-0.15, -0.1) is 0 Å². The van der Waals surface area contributed by atoms with Gasteiger partial charge in [-0.3, -0.25) is 4.79 Å². The van der Waals surface area contributed by atoms with E-state index in [0.29, 0.717) is 41.2 Å². The summed E-state index contributed by atoms with van der Waals surface area (Å²) in [6, 6.07) is 2.30. The van der Waals surface area contributed by atoms with Crippen molar-refractivity contribution in [3.8, 4) is 16.6 Å². The fourth-order valence-corrected chi connectivity index (χ4v) is 5.73. The number of nitrogens with one attached hydrogen (secondary N) is 1. The Labute approximate surface area is 214 Å². The van der Waals surface area contributed by atoms with E-state index in [4.69, 9.17) is 4.74 Å². The highest BCUT2D eigenvalue weighted by Crippen LogP contribution is 2.56. The largest absolute Gasteiger partial charge is 0.460 e. The normalized spacial score (nSPS) is 20.4. The van der Waals surface area contributed by atoms with Gasteiger partial charge in [-0.1, -0.05) is 11.3 Å². The maximum Gasteiger partial charge on any atom is 0.317 e. The molecule has 1 saturated heterocycles. The van der Waals surface area contributed by atoms with Crippen LogP contribution in [0.25, 0.3) is 10.6 Å². The zero-order valence-corrected chi connectivity index (χ0v) is 21.2. The second-order valence-electron chi connectivity index (χ2n) is 10.1. The minimum absolute atomic E-state index is 0.0942. The number of ether oxygens (including phenoxy) is 1. The zero-order valence-electron chi connectivity index (χ0n) is 20.4. The molecule has 0 bridgehead atoms. The van der Waals surface area contributed by atoms with Crippen molar-refractivity contribution < 1.29 is 9.53 Å². The molecule has 3 aromatic rings. The van der Waals surface area contributed by atoms with Crippen LogP contribution in [0.2, 0.25) is 0 Å². The van der Waals surface area contributed by atoms with Crippen molar-refractivity contribution in [3.05, 3.63) is 30.9 Å². The number of nitrogens with zero attached hydrogens (tertiary/aromatic N) is 7. The van der Waals surface area contributed by atoms with Gasteiger partial charge in [0.05, 0.1) is 28.7 Å². The number of aromatic nitrogens is 5. The number of hydrogen-bond donors (Lipinski definition) is 1. The molecule has 1 aliphatic heterocycles. The van der Waals surface area contributed by atoms with E-state index in [-0.39, 0.29) is 12.0 Å². The third kappa shape index (κ3) is 5.17. The van der Waals surface area contributed by atoms with E-state index in [1.165, 1.54) is 37.0 Å². The lowest BCUT2D eigenvalue weighted by Crippen LogP contribution is -2.32. The lowest BCUT2D eigenvalue weighted by Gasteiger charge is -2.28. The van der Waals surface area contributed by atoms with Crippen molar-refractivity contribution in [2.45, 2.75) is 51.0 Å². The third-order valence-corrected chi connectivity index (χ3v) is 8.43. The Balaban J connectivity index is 1.08. The van der Waals surface area contributed by atoms with E-state index in [1.807, 2.05) is 13.1 Å². The molecule has 2 aliphatic carbocycles. The van der Waals surface area contributed by atoms with Crippen molar-refractivity contribution in [1.82, 2.24) is 29.8 Å². The molecule has 3 aliphatic rings. The first-order chi connectivity index (χ1) is 17.6. The Morgan fingerprint density at radius 1 is 1.03 bits per heavy atom. The molecule has 0 unspecified atom stereocenters. The molecule has 10 nitrogen and oxygen atoms in total. The molecular weight excluding hydrogens is 476 g/mol. The van der Waals surface area contributed by atoms with Gasteiger partial charge in [0.25, 0.3) is 0 Å². The maximum absolute atomic E-state index is 12.4. The smallest absolute Gasteiger partial charge is 0.317 e. The lowest BCUT2D eigenvalue weighted by molar-refractivity contribution is -0.118. The topological polar surface area (TPSA) is 109 Å². The van der Waals surface area contributed by atoms with E-state index < -0.39 is 0 Å². The molecule has 188 valence electrons. The predicted molar refractivity (Wildman–Crippen MR) is 137 cm³/mol. The first kappa shape index (κ1) is 23.2. The van der Waals surface area contributed by atoms with Gasteiger partial charge in [0.2, 0.25) is 11.9 Å². The summed E-state index contributed by atoms with van der Waals surface area (Å²) < 4.78 is 6.12. The third-order valence-electron chi connectivity index (χ3n) is 7.50. The Kier molecular flexibility index (Phi) is 6.26. The Morgan fingerprint density at radius 3 is 2.61 bits per heavy atom. The van der Waals surface area contributed by atoms with Gasteiger partial charge >= 0.3 is 6.01 Å². The SMILES string of the molecule is CN1CCC(=O)N(c2cnc(Nc3ncc(-c4ccnc(OC5CCC6(CC5)CC6)n4)s3)nc2)CC1. The van der Waals surface area contributed by atoms with Crippen molar-refractivity contribution in [2.24, 2.45) is 5.41 Å². The molecular formula is C25H30N8O2S. The van der Waals surface area contributed by atoms with Crippen molar-refractivity contribution in [1.29, 1.82) is 0 Å². The Bertz CT molecular complexity index is 1220. The first-order valence-electron chi connectivity index (χ1n) is 12.6. The number of amides is 1. The lowest BCUT2D eigenvalue weighted by atomic mass is 9.85. The summed E-state index contributed by atoms with van der Waals surface area (Å²) in [6.07, 6.45) is 15.0. The van der Waals surface area contributed by atoms with E-state index in [2.05, 4.69) is 35.1 Å². The number of rotatable bonds is 6. The van der Waals surface area contributed by atoms with Crippen LogP contribution in [0.4, 0.5) is 16.8 Å². The van der Waals surface area contributed by atoms with Crippen LogP contribution in [-0.4, -0.2) is 68.5 Å². The minimum atomic E-state index is 0.0942. The highest BCUT2D eigenvalue weighted by atomic mass is 32.1. The molecule has 3 fully saturated rings. The van der Waals surface area contributed by atoms with Crippen LogP contribution in [0, 0.1) is 5.41 Å². The molecule has 0 atom stereocenters. The molecule has 1 N–H and O–H groups in total. The second kappa shape index (κ2) is 9.70.